The summed E-state index contributed by atoms with van der Waals surface area (Å²) >= 11 is 3.42. The second-order valence-corrected chi connectivity index (χ2v) is 13.5. The molecule has 0 saturated heterocycles. The lowest BCUT2D eigenvalue weighted by Gasteiger charge is -2.19. The minimum Gasteiger partial charge on any atom is -0.493 e. The minimum absolute atomic E-state index is 0.0595. The van der Waals surface area contributed by atoms with Crippen LogP contribution < -0.4 is 14.8 Å². The highest BCUT2D eigenvalue weighted by atomic mass is 79.9. The molecule has 4 aromatic rings. The quantitative estimate of drug-likeness (QED) is 0.122. The summed E-state index contributed by atoms with van der Waals surface area (Å²) in [5, 5.41) is 12.7. The Morgan fingerprint density at radius 3 is 2.22 bits per heavy atom. The van der Waals surface area contributed by atoms with Crippen LogP contribution in [0.3, 0.4) is 0 Å². The van der Waals surface area contributed by atoms with Crippen molar-refractivity contribution >= 4 is 27.8 Å². The normalized spacial score (nSPS) is 11.9. The van der Waals surface area contributed by atoms with E-state index in [0.717, 1.165) is 47.5 Å². The fraction of sp³-hybridized carbons (Fsp3) is 0.333. The van der Waals surface area contributed by atoms with E-state index in [0.29, 0.717) is 22.4 Å². The van der Waals surface area contributed by atoms with Gasteiger partial charge in [-0.25, -0.2) is 4.79 Å². The molecule has 0 bridgehead atoms. The third kappa shape index (κ3) is 9.95. The maximum atomic E-state index is 13.3. The van der Waals surface area contributed by atoms with Crippen LogP contribution in [-0.4, -0.2) is 29.6 Å². The molecule has 1 atom stereocenters. The predicted molar refractivity (Wildman–Crippen MR) is 188 cm³/mol. The standard InChI is InChI=1S/C39H44BrNO5/c1-5-6-7-8-11-24-45-35-23-20-30(40)26-33(35)37(42)41-34(38(43)44)25-27-14-16-28(17-15-27)32-12-9-10-13-36(32)46-31-21-18-29(19-22-31)39(2,3)4/h9-10,12-23,26,34H,5-8,11,24-25H2,1-4H3,(H,41,42)(H,43,44)/t34-/m0/s1. The summed E-state index contributed by atoms with van der Waals surface area (Å²) in [6.07, 6.45) is 5.60. The number of aliphatic carboxylic acids is 1. The molecule has 0 fully saturated rings. The molecular weight excluding hydrogens is 642 g/mol. The van der Waals surface area contributed by atoms with E-state index >= 15 is 0 Å². The number of carboxylic acid groups (broad SMARTS) is 1. The van der Waals surface area contributed by atoms with Gasteiger partial charge in [-0.15, -0.1) is 0 Å². The molecule has 0 aliphatic carbocycles. The largest absolute Gasteiger partial charge is 0.493 e. The lowest BCUT2D eigenvalue weighted by Crippen LogP contribution is -2.42. The smallest absolute Gasteiger partial charge is 0.326 e. The lowest BCUT2D eigenvalue weighted by molar-refractivity contribution is -0.139. The van der Waals surface area contributed by atoms with Crippen molar-refractivity contribution in [2.24, 2.45) is 0 Å². The molecule has 0 aromatic heterocycles. The van der Waals surface area contributed by atoms with Gasteiger partial charge >= 0.3 is 5.97 Å². The van der Waals surface area contributed by atoms with Crippen molar-refractivity contribution in [1.82, 2.24) is 5.32 Å². The second-order valence-electron chi connectivity index (χ2n) is 12.5. The summed E-state index contributed by atoms with van der Waals surface area (Å²) in [7, 11) is 0. The first kappa shape index (κ1) is 34.8. The molecule has 0 unspecified atom stereocenters. The molecule has 6 nitrogen and oxygen atoms in total. The van der Waals surface area contributed by atoms with Gasteiger partial charge in [0.25, 0.3) is 5.91 Å². The SMILES string of the molecule is CCCCCCCOc1ccc(Br)cc1C(=O)N[C@@H](Cc1ccc(-c2ccccc2Oc2ccc(C(C)(C)C)cc2)cc1)C(=O)O. The van der Waals surface area contributed by atoms with E-state index in [1.807, 2.05) is 66.7 Å². The Labute approximate surface area is 281 Å². The van der Waals surface area contributed by atoms with Crippen molar-refractivity contribution in [3.8, 4) is 28.4 Å². The molecule has 46 heavy (non-hydrogen) atoms. The first-order valence-electron chi connectivity index (χ1n) is 16.0. The molecule has 0 aliphatic rings. The number of carbonyl (C=O) groups is 2. The van der Waals surface area contributed by atoms with Crippen LogP contribution in [0.1, 0.15) is 81.3 Å². The molecular formula is C39H44BrNO5. The zero-order valence-corrected chi connectivity index (χ0v) is 28.7. The molecule has 4 aromatic carbocycles. The fourth-order valence-corrected chi connectivity index (χ4v) is 5.49. The van der Waals surface area contributed by atoms with E-state index in [4.69, 9.17) is 9.47 Å². The number of ether oxygens (including phenoxy) is 2. The Morgan fingerprint density at radius 1 is 0.848 bits per heavy atom. The van der Waals surface area contributed by atoms with Crippen LogP contribution in [0.2, 0.25) is 0 Å². The van der Waals surface area contributed by atoms with Gasteiger partial charge in [0.05, 0.1) is 12.2 Å². The Kier molecular flexibility index (Phi) is 12.4. The van der Waals surface area contributed by atoms with Gasteiger partial charge in [-0.05, 0) is 64.9 Å². The summed E-state index contributed by atoms with van der Waals surface area (Å²) < 4.78 is 12.9. The molecule has 242 valence electrons. The summed E-state index contributed by atoms with van der Waals surface area (Å²) in [4.78, 5) is 25.5. The summed E-state index contributed by atoms with van der Waals surface area (Å²) in [5.74, 6) is 0.316. The molecule has 0 radical (unpaired) electrons. The summed E-state index contributed by atoms with van der Waals surface area (Å²) in [6.45, 7) is 9.21. The van der Waals surface area contributed by atoms with E-state index in [1.54, 1.807) is 12.1 Å². The van der Waals surface area contributed by atoms with E-state index < -0.39 is 17.9 Å². The van der Waals surface area contributed by atoms with Crippen LogP contribution in [0.15, 0.2) is 95.5 Å². The molecule has 2 N–H and O–H groups in total. The zero-order valence-electron chi connectivity index (χ0n) is 27.1. The molecule has 4 rings (SSSR count). The first-order chi connectivity index (χ1) is 22.0. The third-order valence-corrected chi connectivity index (χ3v) is 8.33. The van der Waals surface area contributed by atoms with Gasteiger partial charge in [0.1, 0.15) is 23.3 Å². The number of hydrogen-bond acceptors (Lipinski definition) is 4. The van der Waals surface area contributed by atoms with Gasteiger partial charge in [-0.1, -0.05) is 124 Å². The van der Waals surface area contributed by atoms with Gasteiger partial charge in [0.2, 0.25) is 0 Å². The number of nitrogens with one attached hydrogen (secondary N) is 1. The van der Waals surface area contributed by atoms with Crippen molar-refractivity contribution in [1.29, 1.82) is 0 Å². The first-order valence-corrected chi connectivity index (χ1v) is 16.8. The van der Waals surface area contributed by atoms with Crippen LogP contribution in [0, 0.1) is 0 Å². The number of unbranched alkanes of at least 4 members (excludes halogenated alkanes) is 4. The van der Waals surface area contributed by atoms with Crippen molar-refractivity contribution in [2.45, 2.75) is 77.7 Å². The van der Waals surface area contributed by atoms with Crippen LogP contribution in [0.25, 0.3) is 11.1 Å². The fourth-order valence-electron chi connectivity index (χ4n) is 5.13. The molecule has 0 saturated carbocycles. The maximum absolute atomic E-state index is 13.3. The van der Waals surface area contributed by atoms with Gasteiger partial charge < -0.3 is 19.9 Å². The van der Waals surface area contributed by atoms with Crippen molar-refractivity contribution in [3.63, 3.8) is 0 Å². The van der Waals surface area contributed by atoms with E-state index in [9.17, 15) is 14.7 Å². The van der Waals surface area contributed by atoms with Gasteiger partial charge in [0.15, 0.2) is 0 Å². The number of halogens is 1. The Bertz CT molecular complexity index is 1590. The van der Waals surface area contributed by atoms with Crippen LogP contribution >= 0.6 is 15.9 Å². The minimum atomic E-state index is -1.12. The molecule has 7 heteroatoms. The highest BCUT2D eigenvalue weighted by Crippen LogP contribution is 2.34. The van der Waals surface area contributed by atoms with E-state index in [1.165, 1.54) is 18.4 Å². The Hall–Kier alpha value is -4.10. The van der Waals surface area contributed by atoms with Crippen molar-refractivity contribution < 1.29 is 24.2 Å². The maximum Gasteiger partial charge on any atom is 0.326 e. The zero-order chi connectivity index (χ0) is 33.1. The average molecular weight is 687 g/mol. The molecule has 0 aliphatic heterocycles. The number of hydrogen-bond donors (Lipinski definition) is 2. The number of benzene rings is 4. The van der Waals surface area contributed by atoms with Crippen LogP contribution in [-0.2, 0) is 16.6 Å². The molecule has 0 spiro atoms. The number of carbonyl (C=O) groups excluding carboxylic acids is 1. The predicted octanol–water partition coefficient (Wildman–Crippen LogP) is 9.98. The number of carboxylic acids is 1. The van der Waals surface area contributed by atoms with E-state index in [2.05, 4.69) is 61.1 Å². The Balaban J connectivity index is 1.43. The highest BCUT2D eigenvalue weighted by Gasteiger charge is 2.23. The average Bonchev–Trinajstić information content (AvgIpc) is 3.03. The number of amides is 1. The lowest BCUT2D eigenvalue weighted by atomic mass is 9.87. The number of para-hydroxylation sites is 1. The van der Waals surface area contributed by atoms with Gasteiger partial charge in [-0.2, -0.15) is 0 Å². The Morgan fingerprint density at radius 2 is 1.54 bits per heavy atom. The summed E-state index contributed by atoms with van der Waals surface area (Å²) in [6, 6.07) is 27.7. The van der Waals surface area contributed by atoms with Gasteiger partial charge in [0, 0.05) is 16.5 Å². The number of rotatable bonds is 15. The highest BCUT2D eigenvalue weighted by molar-refractivity contribution is 9.10. The molecule has 0 heterocycles. The second kappa shape index (κ2) is 16.5. The van der Waals surface area contributed by atoms with E-state index in [-0.39, 0.29) is 11.8 Å². The van der Waals surface area contributed by atoms with Crippen LogP contribution in [0.4, 0.5) is 0 Å². The third-order valence-electron chi connectivity index (χ3n) is 7.84. The molecule has 1 amide bonds. The topological polar surface area (TPSA) is 84.9 Å². The van der Waals surface area contributed by atoms with Crippen LogP contribution in [0.5, 0.6) is 17.2 Å². The van der Waals surface area contributed by atoms with Gasteiger partial charge in [-0.3, -0.25) is 4.79 Å². The van der Waals surface area contributed by atoms with Crippen molar-refractivity contribution in [2.75, 3.05) is 6.61 Å². The monoisotopic (exact) mass is 685 g/mol. The van der Waals surface area contributed by atoms with Crippen molar-refractivity contribution in [3.05, 3.63) is 112 Å². The summed E-state index contributed by atoms with van der Waals surface area (Å²) in [5.41, 5.74) is 4.23.